The molecule has 14 heavy (non-hydrogen) atoms. The minimum atomic E-state index is -0.235. The number of amides is 1. The van der Waals surface area contributed by atoms with Gasteiger partial charge in [0.2, 0.25) is 5.91 Å². The van der Waals surface area contributed by atoms with Crippen molar-refractivity contribution in [2.45, 2.75) is 40.2 Å². The number of nitrogens with zero attached hydrogens (tertiary/aromatic N) is 1. The summed E-state index contributed by atoms with van der Waals surface area (Å²) in [5.41, 5.74) is -0.235. The summed E-state index contributed by atoms with van der Waals surface area (Å²) >= 11 is 0. The molecule has 0 aromatic rings. The number of likely N-dealkylation sites (N-methyl/N-ethyl adjacent to an activating group) is 1. The van der Waals surface area contributed by atoms with Crippen molar-refractivity contribution in [3.8, 4) is 0 Å². The fourth-order valence-corrected chi connectivity index (χ4v) is 1.87. The van der Waals surface area contributed by atoms with Crippen LogP contribution < -0.4 is 5.32 Å². The van der Waals surface area contributed by atoms with Gasteiger partial charge in [-0.1, -0.05) is 27.7 Å². The molecular formula is C11H22N2O. The molecule has 3 nitrogen and oxygen atoms in total. The van der Waals surface area contributed by atoms with E-state index in [1.807, 2.05) is 25.7 Å². The third-order valence-electron chi connectivity index (χ3n) is 2.61. The maximum atomic E-state index is 11.9. The average molecular weight is 198 g/mol. The Bertz CT molecular complexity index is 208. The van der Waals surface area contributed by atoms with Gasteiger partial charge in [-0.2, -0.15) is 0 Å². The molecule has 0 bridgehead atoms. The molecule has 1 rings (SSSR count). The standard InChI is InChI=1S/C11H22N2O/c1-5-12-9-6-7-13(8-9)10(14)11(2,3)4/h9,12H,5-8H2,1-4H3. The molecule has 0 aromatic carbocycles. The second-order valence-corrected chi connectivity index (χ2v) is 5.04. The van der Waals surface area contributed by atoms with E-state index in [1.165, 1.54) is 0 Å². The summed E-state index contributed by atoms with van der Waals surface area (Å²) in [5, 5.41) is 3.39. The third-order valence-corrected chi connectivity index (χ3v) is 2.61. The van der Waals surface area contributed by atoms with E-state index in [2.05, 4.69) is 12.2 Å². The van der Waals surface area contributed by atoms with Crippen molar-refractivity contribution in [2.24, 2.45) is 5.41 Å². The second-order valence-electron chi connectivity index (χ2n) is 5.04. The van der Waals surface area contributed by atoms with Gasteiger partial charge in [0.05, 0.1) is 0 Å². The predicted octanol–water partition coefficient (Wildman–Crippen LogP) is 1.24. The molecule has 0 aliphatic carbocycles. The Morgan fingerprint density at radius 3 is 2.64 bits per heavy atom. The topological polar surface area (TPSA) is 32.3 Å². The van der Waals surface area contributed by atoms with Crippen LogP contribution >= 0.6 is 0 Å². The van der Waals surface area contributed by atoms with Gasteiger partial charge in [0, 0.05) is 24.5 Å². The van der Waals surface area contributed by atoms with Gasteiger partial charge in [0.1, 0.15) is 0 Å². The van der Waals surface area contributed by atoms with Crippen molar-refractivity contribution in [2.75, 3.05) is 19.6 Å². The van der Waals surface area contributed by atoms with Gasteiger partial charge < -0.3 is 10.2 Å². The molecule has 0 aromatic heterocycles. The number of carbonyl (C=O) groups excluding carboxylic acids is 1. The molecule has 82 valence electrons. The summed E-state index contributed by atoms with van der Waals surface area (Å²) in [6.07, 6.45) is 1.09. The van der Waals surface area contributed by atoms with Crippen LogP contribution in [0.25, 0.3) is 0 Å². The van der Waals surface area contributed by atoms with Gasteiger partial charge in [-0.25, -0.2) is 0 Å². The number of nitrogens with one attached hydrogen (secondary N) is 1. The highest BCUT2D eigenvalue weighted by molar-refractivity contribution is 5.81. The van der Waals surface area contributed by atoms with Crippen LogP contribution in [0.3, 0.4) is 0 Å². The first-order valence-corrected chi connectivity index (χ1v) is 5.48. The lowest BCUT2D eigenvalue weighted by molar-refractivity contribution is -0.138. The van der Waals surface area contributed by atoms with Crippen molar-refractivity contribution >= 4 is 5.91 Å². The first-order chi connectivity index (χ1) is 6.45. The summed E-state index contributed by atoms with van der Waals surface area (Å²) in [6, 6.07) is 0.506. The van der Waals surface area contributed by atoms with Gasteiger partial charge >= 0.3 is 0 Å². The SMILES string of the molecule is CCNC1CCN(C(=O)C(C)(C)C)C1. The summed E-state index contributed by atoms with van der Waals surface area (Å²) in [4.78, 5) is 13.9. The summed E-state index contributed by atoms with van der Waals surface area (Å²) < 4.78 is 0. The second kappa shape index (κ2) is 4.30. The highest BCUT2D eigenvalue weighted by atomic mass is 16.2. The third kappa shape index (κ3) is 2.71. The van der Waals surface area contributed by atoms with Gasteiger partial charge in [-0.05, 0) is 13.0 Å². The Morgan fingerprint density at radius 2 is 2.14 bits per heavy atom. The molecule has 0 spiro atoms. The molecule has 1 N–H and O–H groups in total. The monoisotopic (exact) mass is 198 g/mol. The fourth-order valence-electron chi connectivity index (χ4n) is 1.87. The lowest BCUT2D eigenvalue weighted by Crippen LogP contribution is -2.40. The maximum Gasteiger partial charge on any atom is 0.228 e. The smallest absolute Gasteiger partial charge is 0.228 e. The van der Waals surface area contributed by atoms with Crippen LogP contribution in [-0.2, 0) is 4.79 Å². The van der Waals surface area contributed by atoms with Crippen LogP contribution in [0.1, 0.15) is 34.1 Å². The van der Waals surface area contributed by atoms with Crippen LogP contribution in [0.4, 0.5) is 0 Å². The Labute approximate surface area is 86.9 Å². The fraction of sp³-hybridized carbons (Fsp3) is 0.909. The van der Waals surface area contributed by atoms with Crippen LogP contribution in [0.2, 0.25) is 0 Å². The lowest BCUT2D eigenvalue weighted by Gasteiger charge is -2.25. The predicted molar refractivity (Wildman–Crippen MR) is 58.1 cm³/mol. The largest absolute Gasteiger partial charge is 0.341 e. The van der Waals surface area contributed by atoms with Crippen LogP contribution in [-0.4, -0.2) is 36.5 Å². The summed E-state index contributed by atoms with van der Waals surface area (Å²) in [5.74, 6) is 0.276. The number of hydrogen-bond acceptors (Lipinski definition) is 2. The first kappa shape index (κ1) is 11.5. The zero-order valence-electron chi connectivity index (χ0n) is 9.76. The van der Waals surface area contributed by atoms with Gasteiger partial charge in [0.25, 0.3) is 0 Å². The van der Waals surface area contributed by atoms with E-state index in [0.717, 1.165) is 26.1 Å². The van der Waals surface area contributed by atoms with E-state index in [1.54, 1.807) is 0 Å². The Hall–Kier alpha value is -0.570. The van der Waals surface area contributed by atoms with E-state index in [9.17, 15) is 4.79 Å². The van der Waals surface area contributed by atoms with Gasteiger partial charge in [-0.15, -0.1) is 0 Å². The van der Waals surface area contributed by atoms with E-state index < -0.39 is 0 Å². The minimum absolute atomic E-state index is 0.235. The highest BCUT2D eigenvalue weighted by Crippen LogP contribution is 2.20. The molecule has 1 amide bonds. The number of rotatable bonds is 2. The van der Waals surface area contributed by atoms with E-state index in [-0.39, 0.29) is 11.3 Å². The Morgan fingerprint density at radius 1 is 1.50 bits per heavy atom. The van der Waals surface area contributed by atoms with Crippen molar-refractivity contribution < 1.29 is 4.79 Å². The zero-order valence-corrected chi connectivity index (χ0v) is 9.76. The minimum Gasteiger partial charge on any atom is -0.341 e. The number of likely N-dealkylation sites (tertiary alicyclic amines) is 1. The average Bonchev–Trinajstić information content (AvgIpc) is 2.50. The van der Waals surface area contributed by atoms with E-state index in [0.29, 0.717) is 6.04 Å². The molecule has 0 radical (unpaired) electrons. The van der Waals surface area contributed by atoms with Crippen LogP contribution in [0.5, 0.6) is 0 Å². The van der Waals surface area contributed by atoms with Gasteiger partial charge in [0.15, 0.2) is 0 Å². The maximum absolute atomic E-state index is 11.9. The zero-order chi connectivity index (χ0) is 10.8. The van der Waals surface area contributed by atoms with Gasteiger partial charge in [-0.3, -0.25) is 4.79 Å². The Balaban J connectivity index is 2.46. The molecule has 1 aliphatic heterocycles. The van der Waals surface area contributed by atoms with Crippen molar-refractivity contribution in [1.82, 2.24) is 10.2 Å². The number of hydrogen-bond donors (Lipinski definition) is 1. The number of carbonyl (C=O) groups is 1. The van der Waals surface area contributed by atoms with Crippen molar-refractivity contribution in [3.63, 3.8) is 0 Å². The molecule has 3 heteroatoms. The molecule has 0 saturated carbocycles. The first-order valence-electron chi connectivity index (χ1n) is 5.48. The quantitative estimate of drug-likeness (QED) is 0.724. The van der Waals surface area contributed by atoms with Crippen molar-refractivity contribution in [3.05, 3.63) is 0 Å². The highest BCUT2D eigenvalue weighted by Gasteiger charge is 2.32. The molecule has 1 atom stereocenters. The van der Waals surface area contributed by atoms with Crippen molar-refractivity contribution in [1.29, 1.82) is 0 Å². The van der Waals surface area contributed by atoms with Crippen LogP contribution in [0.15, 0.2) is 0 Å². The van der Waals surface area contributed by atoms with E-state index in [4.69, 9.17) is 0 Å². The summed E-state index contributed by atoms with van der Waals surface area (Å²) in [7, 11) is 0. The van der Waals surface area contributed by atoms with Crippen LogP contribution in [0, 0.1) is 5.41 Å². The molecule has 1 unspecified atom stereocenters. The normalized spacial score (nSPS) is 22.9. The molecule has 1 aliphatic rings. The molecule has 1 heterocycles. The van der Waals surface area contributed by atoms with E-state index >= 15 is 0 Å². The Kier molecular flexibility index (Phi) is 3.53. The molecule has 1 saturated heterocycles. The summed E-state index contributed by atoms with van der Waals surface area (Å²) in [6.45, 7) is 10.8. The molecule has 1 fully saturated rings. The lowest BCUT2D eigenvalue weighted by atomic mass is 9.95. The molecular weight excluding hydrogens is 176 g/mol.